The Hall–Kier alpha value is -1.55. The van der Waals surface area contributed by atoms with Gasteiger partial charge >= 0.3 is 5.97 Å². The minimum absolute atomic E-state index is 0.0670. The van der Waals surface area contributed by atoms with Crippen LogP contribution < -0.4 is 0 Å². The van der Waals surface area contributed by atoms with E-state index in [1.54, 1.807) is 12.1 Å². The van der Waals surface area contributed by atoms with E-state index in [9.17, 15) is 18.0 Å². The predicted molar refractivity (Wildman–Crippen MR) is 110 cm³/mol. The average Bonchev–Trinajstić information content (AvgIpc) is 2.94. The molecule has 0 unspecified atom stereocenters. The number of hydrogen-bond donors (Lipinski definition) is 0. The van der Waals surface area contributed by atoms with Crippen LogP contribution in [0.15, 0.2) is 45.1 Å². The van der Waals surface area contributed by atoms with Crippen LogP contribution in [0, 0.1) is 0 Å². The van der Waals surface area contributed by atoms with Gasteiger partial charge in [0.15, 0.2) is 6.61 Å². The Labute approximate surface area is 176 Å². The van der Waals surface area contributed by atoms with E-state index in [0.29, 0.717) is 18.0 Å². The lowest BCUT2D eigenvalue weighted by molar-refractivity contribution is 0.0475. The average molecular weight is 486 g/mol. The van der Waals surface area contributed by atoms with Gasteiger partial charge in [-0.25, -0.2) is 13.2 Å². The zero-order chi connectivity index (χ0) is 20.1. The maximum absolute atomic E-state index is 12.9. The Morgan fingerprint density at radius 3 is 2.43 bits per heavy atom. The SMILES string of the molecule is O=C(OCC(=O)c1ccc(Br)s1)c1cccc(S(=O)(=O)N2CCCCCC2)c1. The van der Waals surface area contributed by atoms with Crippen molar-refractivity contribution in [2.24, 2.45) is 0 Å². The molecular formula is C19H20BrNO5S2. The van der Waals surface area contributed by atoms with Gasteiger partial charge in [0.25, 0.3) is 0 Å². The van der Waals surface area contributed by atoms with Gasteiger partial charge < -0.3 is 4.74 Å². The Kier molecular flexibility index (Phi) is 7.03. The summed E-state index contributed by atoms with van der Waals surface area (Å²) in [5.74, 6) is -1.03. The smallest absolute Gasteiger partial charge is 0.338 e. The van der Waals surface area contributed by atoms with E-state index in [1.807, 2.05) is 0 Å². The van der Waals surface area contributed by atoms with Crippen molar-refractivity contribution < 1.29 is 22.7 Å². The number of ether oxygens (including phenoxy) is 1. The van der Waals surface area contributed by atoms with Crippen molar-refractivity contribution in [1.82, 2.24) is 4.31 Å². The van der Waals surface area contributed by atoms with Gasteiger partial charge in [-0.3, -0.25) is 4.79 Å². The van der Waals surface area contributed by atoms with E-state index in [2.05, 4.69) is 15.9 Å². The van der Waals surface area contributed by atoms with Gasteiger partial charge in [0.1, 0.15) is 0 Å². The van der Waals surface area contributed by atoms with E-state index in [4.69, 9.17) is 4.74 Å². The van der Waals surface area contributed by atoms with Crippen LogP contribution in [-0.2, 0) is 14.8 Å². The third-order valence-corrected chi connectivity index (χ3v) is 8.01. The molecule has 1 aromatic heterocycles. The summed E-state index contributed by atoms with van der Waals surface area (Å²) in [5, 5.41) is 0. The fourth-order valence-corrected chi connectivity index (χ4v) is 5.84. The lowest BCUT2D eigenvalue weighted by Crippen LogP contribution is -2.32. The number of ketones is 1. The molecule has 0 amide bonds. The number of benzene rings is 1. The van der Waals surface area contributed by atoms with Crippen molar-refractivity contribution >= 4 is 49.0 Å². The summed E-state index contributed by atoms with van der Waals surface area (Å²) in [6.45, 7) is 0.582. The minimum Gasteiger partial charge on any atom is -0.454 e. The second kappa shape index (κ2) is 9.30. The van der Waals surface area contributed by atoms with E-state index >= 15 is 0 Å². The van der Waals surface area contributed by atoms with Gasteiger partial charge in [0.2, 0.25) is 15.8 Å². The van der Waals surface area contributed by atoms with Crippen LogP contribution in [0.2, 0.25) is 0 Å². The van der Waals surface area contributed by atoms with Crippen molar-refractivity contribution in [3.8, 4) is 0 Å². The summed E-state index contributed by atoms with van der Waals surface area (Å²) >= 11 is 4.54. The number of rotatable bonds is 6. The molecule has 28 heavy (non-hydrogen) atoms. The molecule has 0 saturated carbocycles. The van der Waals surface area contributed by atoms with Crippen LogP contribution in [0.4, 0.5) is 0 Å². The Morgan fingerprint density at radius 1 is 1.07 bits per heavy atom. The predicted octanol–water partition coefficient (Wildman–Crippen LogP) is 4.12. The lowest BCUT2D eigenvalue weighted by Gasteiger charge is -2.20. The highest BCUT2D eigenvalue weighted by Gasteiger charge is 2.26. The number of esters is 1. The second-order valence-electron chi connectivity index (χ2n) is 6.45. The number of nitrogens with zero attached hydrogens (tertiary/aromatic N) is 1. The number of carbonyl (C=O) groups is 2. The van der Waals surface area contributed by atoms with Crippen LogP contribution in [-0.4, -0.2) is 44.2 Å². The summed E-state index contributed by atoms with van der Waals surface area (Å²) in [6, 6.07) is 9.19. The largest absolute Gasteiger partial charge is 0.454 e. The molecule has 1 aliphatic rings. The van der Waals surface area contributed by atoms with Crippen LogP contribution in [0.3, 0.4) is 0 Å². The summed E-state index contributed by atoms with van der Waals surface area (Å²) in [5.41, 5.74) is 0.107. The molecule has 1 saturated heterocycles. The second-order valence-corrected chi connectivity index (χ2v) is 10.9. The van der Waals surface area contributed by atoms with Crippen LogP contribution in [0.25, 0.3) is 0 Å². The molecule has 0 spiro atoms. The molecule has 2 heterocycles. The van der Waals surface area contributed by atoms with Gasteiger partial charge in [-0.2, -0.15) is 4.31 Å². The van der Waals surface area contributed by atoms with E-state index in [-0.39, 0.29) is 16.2 Å². The maximum atomic E-state index is 12.9. The third kappa shape index (κ3) is 5.08. The molecule has 150 valence electrons. The summed E-state index contributed by atoms with van der Waals surface area (Å²) < 4.78 is 33.1. The minimum atomic E-state index is -3.66. The fraction of sp³-hybridized carbons (Fsp3) is 0.368. The molecule has 9 heteroatoms. The number of halogens is 1. The first-order chi connectivity index (χ1) is 13.4. The maximum Gasteiger partial charge on any atom is 0.338 e. The Morgan fingerprint density at radius 2 is 1.79 bits per heavy atom. The van der Waals surface area contributed by atoms with Gasteiger partial charge in [-0.15, -0.1) is 11.3 Å². The van der Waals surface area contributed by atoms with Crippen molar-refractivity contribution in [2.45, 2.75) is 30.6 Å². The normalized spacial score (nSPS) is 15.8. The van der Waals surface area contributed by atoms with Crippen molar-refractivity contribution in [3.63, 3.8) is 0 Å². The van der Waals surface area contributed by atoms with Crippen LogP contribution in [0.5, 0.6) is 0 Å². The molecule has 2 aromatic rings. The molecular weight excluding hydrogens is 466 g/mol. The van der Waals surface area contributed by atoms with Gasteiger partial charge in [0.05, 0.1) is 19.1 Å². The number of hydrogen-bond acceptors (Lipinski definition) is 6. The topological polar surface area (TPSA) is 80.8 Å². The monoisotopic (exact) mass is 485 g/mol. The standard InChI is InChI=1S/C19H20BrNO5S2/c20-18-9-8-17(27-18)16(22)13-26-19(23)14-6-5-7-15(12-14)28(24,25)21-10-3-1-2-4-11-21/h5-9,12H,1-4,10-11,13H2. The number of sulfonamides is 1. The molecule has 1 aliphatic heterocycles. The molecule has 0 bridgehead atoms. The lowest BCUT2D eigenvalue weighted by atomic mass is 10.2. The number of Topliss-reactive ketones (excluding diaryl/α,β-unsaturated/α-hetero) is 1. The highest BCUT2D eigenvalue weighted by atomic mass is 79.9. The van der Waals surface area contributed by atoms with E-state index in [0.717, 1.165) is 29.5 Å². The van der Waals surface area contributed by atoms with Gasteiger partial charge in [-0.05, 0) is 59.1 Å². The summed E-state index contributed by atoms with van der Waals surface area (Å²) in [6.07, 6.45) is 3.71. The Bertz CT molecular complexity index is 962. The van der Waals surface area contributed by atoms with E-state index in [1.165, 1.54) is 39.9 Å². The first-order valence-corrected chi connectivity index (χ1v) is 12.0. The zero-order valence-corrected chi connectivity index (χ0v) is 18.3. The van der Waals surface area contributed by atoms with Crippen molar-refractivity contribution in [2.75, 3.05) is 19.7 Å². The molecule has 0 atom stereocenters. The van der Waals surface area contributed by atoms with Gasteiger partial charge in [0, 0.05) is 13.1 Å². The highest BCUT2D eigenvalue weighted by molar-refractivity contribution is 9.11. The van der Waals surface area contributed by atoms with Gasteiger partial charge in [-0.1, -0.05) is 18.9 Å². The first kappa shape index (κ1) is 21.2. The molecule has 6 nitrogen and oxygen atoms in total. The highest BCUT2D eigenvalue weighted by Crippen LogP contribution is 2.23. The summed E-state index contributed by atoms with van der Waals surface area (Å²) in [7, 11) is -3.66. The van der Waals surface area contributed by atoms with E-state index < -0.39 is 22.6 Å². The fourth-order valence-electron chi connectivity index (χ4n) is 2.96. The quantitative estimate of drug-likeness (QED) is 0.454. The number of thiophene rings is 1. The van der Waals surface area contributed by atoms with Crippen LogP contribution >= 0.6 is 27.3 Å². The molecule has 1 fully saturated rings. The van der Waals surface area contributed by atoms with Crippen molar-refractivity contribution in [3.05, 3.63) is 50.6 Å². The van der Waals surface area contributed by atoms with Crippen LogP contribution in [0.1, 0.15) is 45.7 Å². The molecule has 0 N–H and O–H groups in total. The Balaban J connectivity index is 1.69. The molecule has 0 radical (unpaired) electrons. The third-order valence-electron chi connectivity index (χ3n) is 4.45. The molecule has 0 aliphatic carbocycles. The molecule has 1 aromatic carbocycles. The zero-order valence-electron chi connectivity index (χ0n) is 15.1. The summed E-state index contributed by atoms with van der Waals surface area (Å²) in [4.78, 5) is 24.9. The van der Waals surface area contributed by atoms with Crippen molar-refractivity contribution in [1.29, 1.82) is 0 Å². The number of carbonyl (C=O) groups excluding carboxylic acids is 2. The first-order valence-electron chi connectivity index (χ1n) is 8.94. The molecule has 3 rings (SSSR count).